The van der Waals surface area contributed by atoms with Crippen LogP contribution in [-0.4, -0.2) is 34.6 Å². The Hall–Kier alpha value is -2.58. The normalized spacial score (nSPS) is 20.7. The SMILES string of the molecule is Nc1cccc(C(=C2CNOC2)n2c(C(=O)O)cc3c2C=C(Cl)C(=O)C3Cl)c1. The first-order valence-corrected chi connectivity index (χ1v) is 9.17. The van der Waals surface area contributed by atoms with Crippen LogP contribution in [0.25, 0.3) is 11.8 Å². The number of nitrogens with one attached hydrogen (secondary N) is 1. The maximum Gasteiger partial charge on any atom is 0.352 e. The fourth-order valence-electron chi connectivity index (χ4n) is 3.40. The summed E-state index contributed by atoms with van der Waals surface area (Å²) in [6.07, 6.45) is 1.45. The summed E-state index contributed by atoms with van der Waals surface area (Å²) in [5, 5.41) is 8.72. The van der Waals surface area contributed by atoms with Crippen LogP contribution in [0.4, 0.5) is 5.69 Å². The molecule has 4 rings (SSSR count). The Morgan fingerprint density at radius 3 is 2.79 bits per heavy atom. The quantitative estimate of drug-likeness (QED) is 0.521. The molecule has 1 saturated heterocycles. The smallest absolute Gasteiger partial charge is 0.352 e. The Morgan fingerprint density at radius 2 is 2.14 bits per heavy atom. The number of carbonyl (C=O) groups excluding carboxylic acids is 1. The molecule has 144 valence electrons. The molecule has 1 unspecified atom stereocenters. The van der Waals surface area contributed by atoms with Gasteiger partial charge in [-0.05, 0) is 29.8 Å². The Morgan fingerprint density at radius 1 is 1.36 bits per heavy atom. The maximum atomic E-state index is 12.2. The van der Waals surface area contributed by atoms with Crippen molar-refractivity contribution in [1.82, 2.24) is 10.0 Å². The summed E-state index contributed by atoms with van der Waals surface area (Å²) < 4.78 is 1.54. The molecule has 0 amide bonds. The van der Waals surface area contributed by atoms with Gasteiger partial charge in [0.25, 0.3) is 0 Å². The minimum atomic E-state index is -1.16. The number of ketones is 1. The number of nitrogens with two attached hydrogens (primary N) is 1. The minimum Gasteiger partial charge on any atom is -0.477 e. The van der Waals surface area contributed by atoms with Crippen LogP contribution in [0.5, 0.6) is 0 Å². The summed E-state index contributed by atoms with van der Waals surface area (Å²) >= 11 is 12.3. The van der Waals surface area contributed by atoms with E-state index in [4.69, 9.17) is 33.8 Å². The van der Waals surface area contributed by atoms with E-state index in [2.05, 4.69) is 5.48 Å². The fourth-order valence-corrected chi connectivity index (χ4v) is 3.96. The van der Waals surface area contributed by atoms with Gasteiger partial charge in [-0.15, -0.1) is 11.6 Å². The molecule has 1 aromatic heterocycles. The summed E-state index contributed by atoms with van der Waals surface area (Å²) in [6.45, 7) is 0.660. The zero-order valence-corrected chi connectivity index (χ0v) is 15.9. The molecule has 0 radical (unpaired) electrons. The lowest BCUT2D eigenvalue weighted by Crippen LogP contribution is -2.17. The van der Waals surface area contributed by atoms with Crippen molar-refractivity contribution in [2.24, 2.45) is 0 Å². The molecule has 28 heavy (non-hydrogen) atoms. The zero-order chi connectivity index (χ0) is 20.0. The molecule has 2 aliphatic rings. The van der Waals surface area contributed by atoms with Crippen LogP contribution in [-0.2, 0) is 9.63 Å². The number of allylic oxidation sites excluding steroid dienone is 1. The maximum absolute atomic E-state index is 12.2. The second kappa shape index (κ2) is 7.10. The van der Waals surface area contributed by atoms with Crippen molar-refractivity contribution in [3.05, 3.63) is 63.5 Å². The van der Waals surface area contributed by atoms with Crippen molar-refractivity contribution in [1.29, 1.82) is 0 Å². The predicted molar refractivity (Wildman–Crippen MR) is 106 cm³/mol. The molecule has 7 nitrogen and oxygen atoms in total. The number of nitrogen functional groups attached to an aromatic ring is 1. The number of halogens is 2. The van der Waals surface area contributed by atoms with Crippen molar-refractivity contribution in [3.8, 4) is 0 Å². The topological polar surface area (TPSA) is 107 Å². The lowest BCUT2D eigenvalue weighted by Gasteiger charge is -2.20. The van der Waals surface area contributed by atoms with Crippen molar-refractivity contribution >= 4 is 52.4 Å². The highest BCUT2D eigenvalue weighted by Crippen LogP contribution is 2.40. The zero-order valence-electron chi connectivity index (χ0n) is 14.4. The van der Waals surface area contributed by atoms with E-state index in [0.29, 0.717) is 34.8 Å². The van der Waals surface area contributed by atoms with Crippen LogP contribution >= 0.6 is 23.2 Å². The van der Waals surface area contributed by atoms with Gasteiger partial charge in [0.2, 0.25) is 0 Å². The summed E-state index contributed by atoms with van der Waals surface area (Å²) in [5.74, 6) is -1.63. The summed E-state index contributed by atoms with van der Waals surface area (Å²) in [6, 6.07) is 8.50. The fraction of sp³-hybridized carbons (Fsp3) is 0.158. The van der Waals surface area contributed by atoms with Crippen LogP contribution in [0.15, 0.2) is 40.9 Å². The minimum absolute atomic E-state index is 0.0390. The number of rotatable bonds is 3. The van der Waals surface area contributed by atoms with E-state index in [0.717, 1.165) is 5.57 Å². The van der Waals surface area contributed by atoms with Crippen LogP contribution in [0.3, 0.4) is 0 Å². The number of benzene rings is 1. The van der Waals surface area contributed by atoms with Gasteiger partial charge in [-0.1, -0.05) is 23.7 Å². The summed E-state index contributed by atoms with van der Waals surface area (Å²) in [5.41, 5.74) is 12.2. The second-order valence-electron chi connectivity index (χ2n) is 6.42. The number of aromatic carboxylic acids is 1. The number of fused-ring (bicyclic) bond motifs is 1. The first-order valence-electron chi connectivity index (χ1n) is 8.36. The van der Waals surface area contributed by atoms with Crippen LogP contribution in [0.1, 0.15) is 32.7 Å². The van der Waals surface area contributed by atoms with Gasteiger partial charge in [-0.2, -0.15) is 5.48 Å². The van der Waals surface area contributed by atoms with Crippen molar-refractivity contribution in [3.63, 3.8) is 0 Å². The first kappa shape index (κ1) is 18.8. The molecule has 9 heteroatoms. The molecule has 0 bridgehead atoms. The number of hydrogen-bond donors (Lipinski definition) is 3. The lowest BCUT2D eigenvalue weighted by molar-refractivity contribution is -0.114. The number of alkyl halides is 1. The monoisotopic (exact) mass is 419 g/mol. The number of nitrogens with zero attached hydrogens (tertiary/aromatic N) is 1. The third-order valence-corrected chi connectivity index (χ3v) is 5.37. The van der Waals surface area contributed by atoms with E-state index in [1.165, 1.54) is 12.1 Å². The van der Waals surface area contributed by atoms with Gasteiger partial charge in [0.05, 0.1) is 23.0 Å². The Bertz CT molecular complexity index is 1060. The summed E-state index contributed by atoms with van der Waals surface area (Å²) in [4.78, 5) is 29.5. The van der Waals surface area contributed by atoms with Crippen LogP contribution < -0.4 is 11.2 Å². The van der Waals surface area contributed by atoms with E-state index in [1.54, 1.807) is 22.8 Å². The molecule has 0 spiro atoms. The Labute approximate surface area is 169 Å². The van der Waals surface area contributed by atoms with Gasteiger partial charge in [0.15, 0.2) is 5.78 Å². The van der Waals surface area contributed by atoms with Crippen LogP contribution in [0.2, 0.25) is 0 Å². The Balaban J connectivity index is 2.06. The average molecular weight is 420 g/mol. The molecule has 1 aliphatic carbocycles. The summed E-state index contributed by atoms with van der Waals surface area (Å²) in [7, 11) is 0. The van der Waals surface area contributed by atoms with E-state index in [1.807, 2.05) is 6.07 Å². The van der Waals surface area contributed by atoms with Gasteiger partial charge in [0, 0.05) is 23.4 Å². The van der Waals surface area contributed by atoms with Crippen LogP contribution in [0, 0.1) is 0 Å². The van der Waals surface area contributed by atoms with Crippen molar-refractivity contribution < 1.29 is 19.5 Å². The third-order valence-electron chi connectivity index (χ3n) is 4.64. The number of anilines is 1. The number of carboxylic acids is 1. The first-order chi connectivity index (χ1) is 13.4. The van der Waals surface area contributed by atoms with E-state index >= 15 is 0 Å². The predicted octanol–water partition coefficient (Wildman–Crippen LogP) is 3.01. The molecule has 1 atom stereocenters. The highest BCUT2D eigenvalue weighted by Gasteiger charge is 2.34. The molecule has 0 saturated carbocycles. The molecule has 1 aliphatic heterocycles. The third kappa shape index (κ3) is 3.02. The van der Waals surface area contributed by atoms with Gasteiger partial charge in [0.1, 0.15) is 11.1 Å². The van der Waals surface area contributed by atoms with Crippen molar-refractivity contribution in [2.75, 3.05) is 18.9 Å². The number of hydroxylamine groups is 1. The number of carboxylic acid groups (broad SMARTS) is 1. The van der Waals surface area contributed by atoms with E-state index in [9.17, 15) is 14.7 Å². The number of hydrogen-bond acceptors (Lipinski definition) is 5. The number of aromatic nitrogens is 1. The van der Waals surface area contributed by atoms with Gasteiger partial charge >= 0.3 is 5.97 Å². The molecule has 2 aromatic rings. The van der Waals surface area contributed by atoms with Gasteiger partial charge in [-0.3, -0.25) is 9.63 Å². The standard InChI is InChI=1S/C19H15Cl2N3O4/c20-13-6-14-12(16(21)18(13)25)5-15(19(26)27)24(14)17(10-7-23-28-8-10)9-2-1-3-11(22)4-9/h1-6,16,23H,7-8,22H2,(H,26,27). The van der Waals surface area contributed by atoms with Gasteiger partial charge in [-0.25, -0.2) is 4.79 Å². The number of Topliss-reactive ketones (excluding diaryl/α,β-unsaturated/α-hetero) is 1. The highest BCUT2D eigenvalue weighted by atomic mass is 35.5. The Kier molecular flexibility index (Phi) is 4.76. The molecule has 1 aromatic carbocycles. The lowest BCUT2D eigenvalue weighted by atomic mass is 10.0. The number of carbonyl (C=O) groups is 2. The molecular formula is C19H15Cl2N3O4. The molecular weight excluding hydrogens is 405 g/mol. The molecule has 1 fully saturated rings. The molecule has 2 heterocycles. The van der Waals surface area contributed by atoms with E-state index < -0.39 is 17.1 Å². The van der Waals surface area contributed by atoms with E-state index in [-0.39, 0.29) is 17.3 Å². The molecule has 4 N–H and O–H groups in total. The average Bonchev–Trinajstić information content (AvgIpc) is 3.30. The van der Waals surface area contributed by atoms with Crippen molar-refractivity contribution in [2.45, 2.75) is 5.38 Å². The largest absolute Gasteiger partial charge is 0.477 e. The highest BCUT2D eigenvalue weighted by molar-refractivity contribution is 6.50. The second-order valence-corrected chi connectivity index (χ2v) is 7.26. The van der Waals surface area contributed by atoms with Gasteiger partial charge < -0.3 is 15.4 Å².